The second kappa shape index (κ2) is 7.84. The van der Waals surface area contributed by atoms with E-state index in [0.717, 1.165) is 13.1 Å². The first kappa shape index (κ1) is 18.2. The molecule has 144 valence electrons. The van der Waals surface area contributed by atoms with Crippen molar-refractivity contribution in [1.82, 2.24) is 9.88 Å². The number of rotatable bonds is 4. The van der Waals surface area contributed by atoms with Crippen LogP contribution in [0.1, 0.15) is 12.1 Å². The average molecular weight is 379 g/mol. The molecular formula is C22H22FN3O2. The number of carbonyl (C=O) groups excluding carboxylic acids is 1. The van der Waals surface area contributed by atoms with Crippen LogP contribution in [-0.4, -0.2) is 42.0 Å². The highest BCUT2D eigenvalue weighted by atomic mass is 19.1. The van der Waals surface area contributed by atoms with Gasteiger partial charge in [-0.05, 0) is 36.1 Å². The minimum atomic E-state index is -0.530. The number of benzene rings is 2. The Labute approximate surface area is 162 Å². The Balaban J connectivity index is 1.36. The molecule has 1 aromatic heterocycles. The molecule has 0 saturated carbocycles. The smallest absolute Gasteiger partial charge is 0.258 e. The van der Waals surface area contributed by atoms with Gasteiger partial charge in [0.05, 0.1) is 5.39 Å². The van der Waals surface area contributed by atoms with Crippen molar-refractivity contribution in [3.8, 4) is 0 Å². The molecule has 5 nitrogen and oxygen atoms in total. The van der Waals surface area contributed by atoms with Crippen LogP contribution >= 0.6 is 0 Å². The summed E-state index contributed by atoms with van der Waals surface area (Å²) in [7, 11) is 0. The third-order valence-corrected chi connectivity index (χ3v) is 5.24. The van der Waals surface area contributed by atoms with Crippen LogP contribution in [0.4, 0.5) is 10.1 Å². The Kier molecular flexibility index (Phi) is 5.10. The van der Waals surface area contributed by atoms with Gasteiger partial charge in [-0.2, -0.15) is 0 Å². The molecule has 0 atom stereocenters. The number of pyridine rings is 1. The van der Waals surface area contributed by atoms with Gasteiger partial charge >= 0.3 is 0 Å². The summed E-state index contributed by atoms with van der Waals surface area (Å²) in [4.78, 5) is 31.6. The topological polar surface area (TPSA) is 56.4 Å². The minimum absolute atomic E-state index is 0.0645. The van der Waals surface area contributed by atoms with E-state index < -0.39 is 11.4 Å². The number of hydrogen-bond acceptors (Lipinski definition) is 3. The zero-order valence-corrected chi connectivity index (χ0v) is 15.5. The van der Waals surface area contributed by atoms with Gasteiger partial charge in [-0.3, -0.25) is 9.59 Å². The highest BCUT2D eigenvalue weighted by Gasteiger charge is 2.21. The van der Waals surface area contributed by atoms with Crippen molar-refractivity contribution in [2.75, 3.05) is 31.1 Å². The predicted molar refractivity (Wildman–Crippen MR) is 108 cm³/mol. The Morgan fingerprint density at radius 2 is 1.75 bits per heavy atom. The fraction of sp³-hybridized carbons (Fsp3) is 0.273. The van der Waals surface area contributed by atoms with Crippen molar-refractivity contribution in [3.05, 3.63) is 76.5 Å². The fourth-order valence-corrected chi connectivity index (χ4v) is 3.72. The number of halogens is 1. The van der Waals surface area contributed by atoms with Crippen LogP contribution in [0.3, 0.4) is 0 Å². The van der Waals surface area contributed by atoms with Gasteiger partial charge in [0.25, 0.3) is 5.56 Å². The maximum absolute atomic E-state index is 13.8. The summed E-state index contributed by atoms with van der Waals surface area (Å²) < 4.78 is 13.8. The van der Waals surface area contributed by atoms with Gasteiger partial charge in [-0.15, -0.1) is 0 Å². The lowest BCUT2D eigenvalue weighted by Gasteiger charge is -2.36. The van der Waals surface area contributed by atoms with E-state index in [4.69, 9.17) is 0 Å². The SMILES string of the molecule is O=C(CCc1cc2cccc(F)c2c(=O)[nH]1)N1CCN(c2ccccc2)CC1. The van der Waals surface area contributed by atoms with Gasteiger partial charge in [0.1, 0.15) is 5.82 Å². The van der Waals surface area contributed by atoms with E-state index in [1.165, 1.54) is 11.8 Å². The number of para-hydroxylation sites is 1. The summed E-state index contributed by atoms with van der Waals surface area (Å²) in [6.45, 7) is 2.99. The molecule has 1 aliphatic heterocycles. The highest BCUT2D eigenvalue weighted by molar-refractivity contribution is 5.82. The van der Waals surface area contributed by atoms with Crippen molar-refractivity contribution in [1.29, 1.82) is 0 Å². The predicted octanol–water partition coefficient (Wildman–Crippen LogP) is 2.95. The fourth-order valence-electron chi connectivity index (χ4n) is 3.72. The minimum Gasteiger partial charge on any atom is -0.368 e. The van der Waals surface area contributed by atoms with Crippen LogP contribution in [-0.2, 0) is 11.2 Å². The van der Waals surface area contributed by atoms with Crippen LogP contribution in [0.25, 0.3) is 10.8 Å². The second-order valence-corrected chi connectivity index (χ2v) is 7.03. The number of piperazine rings is 1. The number of carbonyl (C=O) groups is 1. The molecule has 1 amide bonds. The number of fused-ring (bicyclic) bond motifs is 1. The van der Waals surface area contributed by atoms with E-state index in [9.17, 15) is 14.0 Å². The number of nitrogens with one attached hydrogen (secondary N) is 1. The van der Waals surface area contributed by atoms with E-state index in [1.54, 1.807) is 18.2 Å². The second-order valence-electron chi connectivity index (χ2n) is 7.03. The number of amides is 1. The normalized spacial score (nSPS) is 14.5. The maximum atomic E-state index is 13.8. The van der Waals surface area contributed by atoms with Crippen molar-refractivity contribution in [2.24, 2.45) is 0 Å². The molecule has 28 heavy (non-hydrogen) atoms. The average Bonchev–Trinajstić information content (AvgIpc) is 2.72. The summed E-state index contributed by atoms with van der Waals surface area (Å²) in [6.07, 6.45) is 0.752. The van der Waals surface area contributed by atoms with Crippen molar-refractivity contribution in [3.63, 3.8) is 0 Å². The van der Waals surface area contributed by atoms with E-state index in [0.29, 0.717) is 37.0 Å². The van der Waals surface area contributed by atoms with Crippen LogP contribution in [0, 0.1) is 5.82 Å². The Hall–Kier alpha value is -3.15. The van der Waals surface area contributed by atoms with Gasteiger partial charge in [0, 0.05) is 44.0 Å². The zero-order chi connectivity index (χ0) is 19.5. The van der Waals surface area contributed by atoms with Gasteiger partial charge < -0.3 is 14.8 Å². The molecule has 1 fully saturated rings. The Bertz CT molecular complexity index is 1040. The number of anilines is 1. The van der Waals surface area contributed by atoms with Crippen molar-refractivity contribution in [2.45, 2.75) is 12.8 Å². The maximum Gasteiger partial charge on any atom is 0.258 e. The van der Waals surface area contributed by atoms with Gasteiger partial charge in [-0.1, -0.05) is 30.3 Å². The molecule has 1 saturated heterocycles. The lowest BCUT2D eigenvalue weighted by Crippen LogP contribution is -2.48. The quantitative estimate of drug-likeness (QED) is 0.758. The summed E-state index contributed by atoms with van der Waals surface area (Å²) in [5.74, 6) is -0.453. The van der Waals surface area contributed by atoms with E-state index in [2.05, 4.69) is 22.0 Å². The zero-order valence-electron chi connectivity index (χ0n) is 15.5. The third-order valence-electron chi connectivity index (χ3n) is 5.24. The lowest BCUT2D eigenvalue weighted by atomic mass is 10.1. The van der Waals surface area contributed by atoms with Crippen LogP contribution in [0.15, 0.2) is 59.4 Å². The van der Waals surface area contributed by atoms with E-state index >= 15 is 0 Å². The first-order valence-corrected chi connectivity index (χ1v) is 9.50. The molecule has 2 heterocycles. The summed E-state index contributed by atoms with van der Waals surface area (Å²) in [5.41, 5.74) is 1.38. The molecule has 0 spiro atoms. The van der Waals surface area contributed by atoms with Gasteiger partial charge in [0.15, 0.2) is 0 Å². The molecule has 0 bridgehead atoms. The molecular weight excluding hydrogens is 357 g/mol. The monoisotopic (exact) mass is 379 g/mol. The molecule has 0 aliphatic carbocycles. The molecule has 1 aliphatic rings. The number of nitrogens with zero attached hydrogens (tertiary/aromatic N) is 2. The molecule has 6 heteroatoms. The summed E-state index contributed by atoms with van der Waals surface area (Å²) >= 11 is 0. The van der Waals surface area contributed by atoms with Crippen LogP contribution in [0.2, 0.25) is 0 Å². The molecule has 0 radical (unpaired) electrons. The first-order valence-electron chi connectivity index (χ1n) is 9.50. The van der Waals surface area contributed by atoms with Gasteiger partial charge in [-0.25, -0.2) is 4.39 Å². The number of aryl methyl sites for hydroxylation is 1. The van der Waals surface area contributed by atoms with Crippen LogP contribution in [0.5, 0.6) is 0 Å². The number of aromatic nitrogens is 1. The molecule has 1 N–H and O–H groups in total. The third kappa shape index (κ3) is 3.76. The van der Waals surface area contributed by atoms with Crippen LogP contribution < -0.4 is 10.5 Å². The number of H-pyrrole nitrogens is 1. The number of hydrogen-bond donors (Lipinski definition) is 1. The van der Waals surface area contributed by atoms with Gasteiger partial charge in [0.2, 0.25) is 5.91 Å². The van der Waals surface area contributed by atoms with Crippen molar-refractivity contribution >= 4 is 22.4 Å². The van der Waals surface area contributed by atoms with E-state index in [-0.39, 0.29) is 11.3 Å². The molecule has 3 aromatic rings. The Morgan fingerprint density at radius 1 is 1.00 bits per heavy atom. The van der Waals surface area contributed by atoms with E-state index in [1.807, 2.05) is 23.1 Å². The molecule has 0 unspecified atom stereocenters. The number of aromatic amines is 1. The Morgan fingerprint density at radius 3 is 2.50 bits per heavy atom. The largest absolute Gasteiger partial charge is 0.368 e. The summed E-state index contributed by atoms with van der Waals surface area (Å²) in [5, 5.41) is 0.622. The molecule has 2 aromatic carbocycles. The van der Waals surface area contributed by atoms with Crippen molar-refractivity contribution < 1.29 is 9.18 Å². The highest BCUT2D eigenvalue weighted by Crippen LogP contribution is 2.17. The summed E-state index contributed by atoms with van der Waals surface area (Å²) in [6, 6.07) is 16.5. The first-order chi connectivity index (χ1) is 13.6. The lowest BCUT2D eigenvalue weighted by molar-refractivity contribution is -0.131. The molecule has 4 rings (SSSR count). The standard InChI is InChI=1S/C22H22FN3O2/c23-19-8-4-5-16-15-17(24-22(28)21(16)19)9-10-20(27)26-13-11-25(12-14-26)18-6-2-1-3-7-18/h1-8,15H,9-14H2,(H,24,28).